The number of hydrogen-bond acceptors (Lipinski definition) is 4. The maximum atomic E-state index is 4.45. The Morgan fingerprint density at radius 2 is 2.05 bits per heavy atom. The number of piperidine rings is 1. The van der Waals surface area contributed by atoms with Crippen LogP contribution in [0.2, 0.25) is 0 Å². The van der Waals surface area contributed by atoms with Crippen molar-refractivity contribution in [1.29, 1.82) is 0 Å². The highest BCUT2D eigenvalue weighted by atomic mass is 15.2. The zero-order valence-electron chi connectivity index (χ0n) is 12.5. The second kappa shape index (κ2) is 6.55. The van der Waals surface area contributed by atoms with Crippen LogP contribution < -0.4 is 10.2 Å². The molecule has 2 fully saturated rings. The molecule has 20 heavy (non-hydrogen) atoms. The van der Waals surface area contributed by atoms with Crippen LogP contribution in [0.25, 0.3) is 0 Å². The smallest absolute Gasteiger partial charge is 0.128 e. The molecule has 1 aromatic rings. The molecule has 1 N–H and O–H groups in total. The van der Waals surface area contributed by atoms with Gasteiger partial charge in [-0.25, -0.2) is 4.98 Å². The van der Waals surface area contributed by atoms with E-state index in [-0.39, 0.29) is 0 Å². The molecule has 0 aromatic carbocycles. The van der Waals surface area contributed by atoms with Gasteiger partial charge in [0.2, 0.25) is 0 Å². The van der Waals surface area contributed by atoms with Gasteiger partial charge in [0.15, 0.2) is 0 Å². The van der Waals surface area contributed by atoms with Crippen LogP contribution in [0.4, 0.5) is 5.82 Å². The zero-order chi connectivity index (χ0) is 13.8. The number of pyridine rings is 1. The van der Waals surface area contributed by atoms with Crippen molar-refractivity contribution in [3.8, 4) is 0 Å². The van der Waals surface area contributed by atoms with E-state index in [2.05, 4.69) is 39.3 Å². The molecule has 2 aliphatic heterocycles. The molecule has 3 rings (SSSR count). The van der Waals surface area contributed by atoms with Crippen LogP contribution in [0.3, 0.4) is 0 Å². The molecule has 3 heterocycles. The highest BCUT2D eigenvalue weighted by Gasteiger charge is 2.24. The lowest BCUT2D eigenvalue weighted by molar-refractivity contribution is 0.282. The van der Waals surface area contributed by atoms with Gasteiger partial charge in [-0.3, -0.25) is 0 Å². The van der Waals surface area contributed by atoms with Crippen LogP contribution in [0.5, 0.6) is 0 Å². The Bertz CT molecular complexity index is 400. The Labute approximate surface area is 122 Å². The van der Waals surface area contributed by atoms with Crippen LogP contribution in [0, 0.1) is 0 Å². The van der Waals surface area contributed by atoms with E-state index < -0.39 is 0 Å². The largest absolute Gasteiger partial charge is 0.357 e. The molecule has 4 nitrogen and oxygen atoms in total. The Balaban J connectivity index is 1.42. The molecule has 0 saturated carbocycles. The summed E-state index contributed by atoms with van der Waals surface area (Å²) in [4.78, 5) is 9.34. The number of nitrogens with zero attached hydrogens (tertiary/aromatic N) is 3. The Morgan fingerprint density at radius 3 is 2.70 bits per heavy atom. The summed E-state index contributed by atoms with van der Waals surface area (Å²) < 4.78 is 0. The fourth-order valence-corrected chi connectivity index (χ4v) is 3.39. The van der Waals surface area contributed by atoms with Gasteiger partial charge in [0.25, 0.3) is 0 Å². The van der Waals surface area contributed by atoms with Crippen LogP contribution in [-0.2, 0) is 0 Å². The molecule has 2 aliphatic rings. The van der Waals surface area contributed by atoms with Gasteiger partial charge < -0.3 is 15.1 Å². The topological polar surface area (TPSA) is 31.4 Å². The monoisotopic (exact) mass is 274 g/mol. The molecular formula is C16H26N4. The van der Waals surface area contributed by atoms with E-state index in [0.717, 1.165) is 31.5 Å². The first kappa shape index (κ1) is 13.8. The number of rotatable bonds is 4. The lowest BCUT2D eigenvalue weighted by Crippen LogP contribution is -2.46. The maximum absolute atomic E-state index is 4.45. The number of nitrogens with one attached hydrogen (secondary N) is 1. The number of aromatic nitrogens is 1. The number of likely N-dealkylation sites (tertiary alicyclic amines) is 1. The molecule has 0 spiro atoms. The molecule has 1 aromatic heterocycles. The van der Waals surface area contributed by atoms with Gasteiger partial charge in [-0.15, -0.1) is 0 Å². The molecule has 0 bridgehead atoms. The highest BCUT2D eigenvalue weighted by Crippen LogP contribution is 2.18. The molecule has 0 aliphatic carbocycles. The van der Waals surface area contributed by atoms with Crippen molar-refractivity contribution >= 4 is 5.82 Å². The summed E-state index contributed by atoms with van der Waals surface area (Å²) in [6.07, 6.45) is 7.06. The molecule has 4 heteroatoms. The minimum atomic E-state index is 0.684. The molecular weight excluding hydrogens is 248 g/mol. The molecule has 1 unspecified atom stereocenters. The van der Waals surface area contributed by atoms with E-state index in [1.165, 1.54) is 32.2 Å². The standard InChI is InChI=1S/C16H26N4/c1-19-10-4-5-15(19)13-18-14-7-11-20(12-8-14)16-6-2-3-9-17-16/h2-3,6,9,14-15,18H,4-5,7-8,10-13H2,1H3. The van der Waals surface area contributed by atoms with Crippen molar-refractivity contribution in [3.63, 3.8) is 0 Å². The quantitative estimate of drug-likeness (QED) is 0.906. The third-order valence-electron chi connectivity index (χ3n) is 4.78. The summed E-state index contributed by atoms with van der Waals surface area (Å²) in [5, 5.41) is 3.78. The van der Waals surface area contributed by atoms with E-state index in [9.17, 15) is 0 Å². The van der Waals surface area contributed by atoms with E-state index in [4.69, 9.17) is 0 Å². The van der Waals surface area contributed by atoms with Crippen LogP contribution in [-0.4, -0.2) is 55.2 Å². The number of likely N-dealkylation sites (N-methyl/N-ethyl adjacent to an activating group) is 1. The van der Waals surface area contributed by atoms with Crippen molar-refractivity contribution in [2.45, 2.75) is 37.8 Å². The second-order valence-corrected chi connectivity index (χ2v) is 6.13. The lowest BCUT2D eigenvalue weighted by atomic mass is 10.0. The van der Waals surface area contributed by atoms with E-state index in [1.54, 1.807) is 0 Å². The van der Waals surface area contributed by atoms with Crippen molar-refractivity contribution in [3.05, 3.63) is 24.4 Å². The number of anilines is 1. The average molecular weight is 274 g/mol. The number of hydrogen-bond donors (Lipinski definition) is 1. The minimum absolute atomic E-state index is 0.684. The first-order chi connectivity index (χ1) is 9.83. The summed E-state index contributed by atoms with van der Waals surface area (Å²) >= 11 is 0. The zero-order valence-corrected chi connectivity index (χ0v) is 12.5. The lowest BCUT2D eigenvalue weighted by Gasteiger charge is -2.34. The SMILES string of the molecule is CN1CCCC1CNC1CCN(c2ccccn2)CC1. The van der Waals surface area contributed by atoms with Gasteiger partial charge >= 0.3 is 0 Å². The molecule has 110 valence electrons. The van der Waals surface area contributed by atoms with Crippen LogP contribution in [0.15, 0.2) is 24.4 Å². The van der Waals surface area contributed by atoms with Crippen molar-refractivity contribution in [2.75, 3.05) is 38.1 Å². The normalized spacial score (nSPS) is 25.2. The van der Waals surface area contributed by atoms with Gasteiger partial charge in [0.05, 0.1) is 0 Å². The predicted molar refractivity (Wildman–Crippen MR) is 83.1 cm³/mol. The molecule has 0 amide bonds. The van der Waals surface area contributed by atoms with E-state index in [1.807, 2.05) is 12.3 Å². The van der Waals surface area contributed by atoms with Crippen molar-refractivity contribution in [1.82, 2.24) is 15.2 Å². The first-order valence-electron chi connectivity index (χ1n) is 7.92. The first-order valence-corrected chi connectivity index (χ1v) is 7.92. The summed E-state index contributed by atoms with van der Waals surface area (Å²) in [5.41, 5.74) is 0. The Morgan fingerprint density at radius 1 is 1.20 bits per heavy atom. The third kappa shape index (κ3) is 3.30. The van der Waals surface area contributed by atoms with Gasteiger partial charge in [0.1, 0.15) is 5.82 Å². The fraction of sp³-hybridized carbons (Fsp3) is 0.688. The van der Waals surface area contributed by atoms with E-state index >= 15 is 0 Å². The van der Waals surface area contributed by atoms with E-state index in [0.29, 0.717) is 6.04 Å². The fourth-order valence-electron chi connectivity index (χ4n) is 3.39. The van der Waals surface area contributed by atoms with Gasteiger partial charge in [0, 0.05) is 37.9 Å². The van der Waals surface area contributed by atoms with Gasteiger partial charge in [-0.05, 0) is 51.4 Å². The van der Waals surface area contributed by atoms with Crippen molar-refractivity contribution in [2.24, 2.45) is 0 Å². The Hall–Kier alpha value is -1.13. The predicted octanol–water partition coefficient (Wildman–Crippen LogP) is 1.73. The third-order valence-corrected chi connectivity index (χ3v) is 4.78. The summed E-state index contributed by atoms with van der Waals surface area (Å²) in [6, 6.07) is 7.60. The summed E-state index contributed by atoms with van der Waals surface area (Å²) in [5.74, 6) is 1.13. The minimum Gasteiger partial charge on any atom is -0.357 e. The molecule has 1 atom stereocenters. The van der Waals surface area contributed by atoms with Gasteiger partial charge in [-0.2, -0.15) is 0 Å². The van der Waals surface area contributed by atoms with Gasteiger partial charge in [-0.1, -0.05) is 6.07 Å². The summed E-state index contributed by atoms with van der Waals surface area (Å²) in [6.45, 7) is 4.67. The Kier molecular flexibility index (Phi) is 4.53. The maximum Gasteiger partial charge on any atom is 0.128 e. The second-order valence-electron chi connectivity index (χ2n) is 6.13. The van der Waals surface area contributed by atoms with Crippen LogP contribution in [0.1, 0.15) is 25.7 Å². The average Bonchev–Trinajstić information content (AvgIpc) is 2.92. The van der Waals surface area contributed by atoms with Crippen LogP contribution >= 0.6 is 0 Å². The highest BCUT2D eigenvalue weighted by molar-refractivity contribution is 5.38. The molecule has 2 saturated heterocycles. The van der Waals surface area contributed by atoms with Crippen molar-refractivity contribution < 1.29 is 0 Å². The molecule has 0 radical (unpaired) electrons. The summed E-state index contributed by atoms with van der Waals surface area (Å²) in [7, 11) is 2.25.